The molecule has 1 saturated heterocycles. The van der Waals surface area contributed by atoms with Crippen molar-refractivity contribution in [3.8, 4) is 5.75 Å². The van der Waals surface area contributed by atoms with Crippen LogP contribution in [0.3, 0.4) is 0 Å². The number of aromatic nitrogens is 1. The first-order chi connectivity index (χ1) is 12.4. The molecule has 0 radical (unpaired) electrons. The Kier molecular flexibility index (Phi) is 5.84. The van der Waals surface area contributed by atoms with Crippen LogP contribution in [0.4, 0.5) is 4.79 Å². The second kappa shape index (κ2) is 8.10. The molecule has 0 bridgehead atoms. The molecule has 0 spiro atoms. The molecule has 0 aliphatic carbocycles. The van der Waals surface area contributed by atoms with E-state index in [0.29, 0.717) is 6.61 Å². The quantitative estimate of drug-likeness (QED) is 0.826. The van der Waals surface area contributed by atoms with E-state index in [1.54, 1.807) is 6.20 Å². The van der Waals surface area contributed by atoms with Crippen molar-refractivity contribution >= 4 is 17.0 Å². The third kappa shape index (κ3) is 4.99. The average Bonchev–Trinajstić information content (AvgIpc) is 3.01. The molecule has 26 heavy (non-hydrogen) atoms. The lowest BCUT2D eigenvalue weighted by atomic mass is 10.2. The molecule has 6 nitrogen and oxygen atoms in total. The number of hydrogen-bond donors (Lipinski definition) is 1. The Bertz CT molecular complexity index is 742. The maximum absolute atomic E-state index is 12.3. The zero-order valence-electron chi connectivity index (χ0n) is 15.8. The van der Waals surface area contributed by atoms with Crippen LogP contribution in [0.1, 0.15) is 33.6 Å². The minimum Gasteiger partial charge on any atom is -0.494 e. The van der Waals surface area contributed by atoms with Crippen molar-refractivity contribution in [3.05, 3.63) is 30.5 Å². The SMILES string of the molecule is CC(C)(C)OC(=O)n1ccc2cc(OCCCC3CNCCO3)ccc21. The summed E-state index contributed by atoms with van der Waals surface area (Å²) in [6.45, 7) is 8.87. The van der Waals surface area contributed by atoms with Gasteiger partial charge < -0.3 is 19.5 Å². The average molecular weight is 360 g/mol. The van der Waals surface area contributed by atoms with Crippen LogP contribution in [-0.2, 0) is 9.47 Å². The highest BCUT2D eigenvalue weighted by Crippen LogP contribution is 2.23. The molecule has 1 unspecified atom stereocenters. The molecule has 1 aromatic heterocycles. The van der Waals surface area contributed by atoms with Crippen molar-refractivity contribution in [3.63, 3.8) is 0 Å². The highest BCUT2D eigenvalue weighted by atomic mass is 16.6. The van der Waals surface area contributed by atoms with Gasteiger partial charge in [0.15, 0.2) is 0 Å². The lowest BCUT2D eigenvalue weighted by Gasteiger charge is -2.23. The smallest absolute Gasteiger partial charge is 0.418 e. The molecule has 3 rings (SSSR count). The van der Waals surface area contributed by atoms with Crippen LogP contribution >= 0.6 is 0 Å². The maximum Gasteiger partial charge on any atom is 0.418 e. The molecule has 6 heteroatoms. The molecular formula is C20H28N2O4. The Labute approximate surface area is 154 Å². The third-order valence-corrected chi connectivity index (χ3v) is 4.20. The molecule has 2 aromatic rings. The van der Waals surface area contributed by atoms with Gasteiger partial charge in [-0.3, -0.25) is 4.57 Å². The number of nitrogens with one attached hydrogen (secondary N) is 1. The van der Waals surface area contributed by atoms with Gasteiger partial charge in [-0.2, -0.15) is 0 Å². The van der Waals surface area contributed by atoms with Crippen LogP contribution in [0.25, 0.3) is 10.9 Å². The molecular weight excluding hydrogens is 332 g/mol. The van der Waals surface area contributed by atoms with Crippen LogP contribution < -0.4 is 10.1 Å². The van der Waals surface area contributed by atoms with Gasteiger partial charge in [0.25, 0.3) is 0 Å². The summed E-state index contributed by atoms with van der Waals surface area (Å²) in [6, 6.07) is 7.63. The predicted octanol–water partition coefficient (Wildman–Crippen LogP) is 3.57. The monoisotopic (exact) mass is 360 g/mol. The topological polar surface area (TPSA) is 61.7 Å². The van der Waals surface area contributed by atoms with Gasteiger partial charge in [-0.1, -0.05) is 0 Å². The van der Waals surface area contributed by atoms with Crippen LogP contribution in [0.2, 0.25) is 0 Å². The van der Waals surface area contributed by atoms with Gasteiger partial charge >= 0.3 is 6.09 Å². The number of rotatable bonds is 5. The minimum atomic E-state index is -0.520. The first-order valence-electron chi connectivity index (χ1n) is 9.22. The molecule has 1 N–H and O–H groups in total. The summed E-state index contributed by atoms with van der Waals surface area (Å²) in [5, 5.41) is 4.29. The van der Waals surface area contributed by atoms with Gasteiger partial charge in [0.2, 0.25) is 0 Å². The molecule has 2 heterocycles. The van der Waals surface area contributed by atoms with E-state index in [4.69, 9.17) is 14.2 Å². The Morgan fingerprint density at radius 1 is 1.35 bits per heavy atom. The van der Waals surface area contributed by atoms with E-state index in [9.17, 15) is 4.79 Å². The Morgan fingerprint density at radius 3 is 2.92 bits per heavy atom. The van der Waals surface area contributed by atoms with Gasteiger partial charge in [-0.15, -0.1) is 0 Å². The number of morpholine rings is 1. The molecule has 1 aromatic carbocycles. The van der Waals surface area contributed by atoms with E-state index >= 15 is 0 Å². The fraction of sp³-hybridized carbons (Fsp3) is 0.550. The van der Waals surface area contributed by atoms with Crippen molar-refractivity contribution in [1.29, 1.82) is 0 Å². The lowest BCUT2D eigenvalue weighted by molar-refractivity contribution is 0.0204. The second-order valence-electron chi connectivity index (χ2n) is 7.57. The second-order valence-corrected chi connectivity index (χ2v) is 7.57. The van der Waals surface area contributed by atoms with Gasteiger partial charge in [0, 0.05) is 24.7 Å². The largest absolute Gasteiger partial charge is 0.494 e. The van der Waals surface area contributed by atoms with Crippen LogP contribution in [0, 0.1) is 0 Å². The van der Waals surface area contributed by atoms with E-state index in [1.807, 2.05) is 45.0 Å². The van der Waals surface area contributed by atoms with Crippen molar-refractivity contribution < 1.29 is 19.0 Å². The van der Waals surface area contributed by atoms with E-state index in [1.165, 1.54) is 4.57 Å². The summed E-state index contributed by atoms with van der Waals surface area (Å²) in [6.07, 6.45) is 3.59. The summed E-state index contributed by atoms with van der Waals surface area (Å²) in [4.78, 5) is 12.3. The van der Waals surface area contributed by atoms with E-state index in [0.717, 1.165) is 49.2 Å². The molecule has 1 aliphatic heterocycles. The van der Waals surface area contributed by atoms with Crippen molar-refractivity contribution in [1.82, 2.24) is 9.88 Å². The lowest BCUT2D eigenvalue weighted by Crippen LogP contribution is -2.38. The van der Waals surface area contributed by atoms with Gasteiger partial charge in [0.05, 0.1) is 24.8 Å². The van der Waals surface area contributed by atoms with Crippen molar-refractivity contribution in [2.75, 3.05) is 26.3 Å². The summed E-state index contributed by atoms with van der Waals surface area (Å²) >= 11 is 0. The third-order valence-electron chi connectivity index (χ3n) is 4.20. The predicted molar refractivity (Wildman–Crippen MR) is 101 cm³/mol. The number of hydrogen-bond acceptors (Lipinski definition) is 5. The summed E-state index contributed by atoms with van der Waals surface area (Å²) in [7, 11) is 0. The number of fused-ring (bicyclic) bond motifs is 1. The zero-order valence-corrected chi connectivity index (χ0v) is 15.8. The number of ether oxygens (including phenoxy) is 3. The number of carbonyl (C=O) groups is 1. The van der Waals surface area contributed by atoms with Gasteiger partial charge in [0.1, 0.15) is 11.4 Å². The van der Waals surface area contributed by atoms with Crippen molar-refractivity contribution in [2.45, 2.75) is 45.3 Å². The van der Waals surface area contributed by atoms with Crippen LogP contribution in [0.15, 0.2) is 30.5 Å². The normalized spacial score (nSPS) is 18.0. The fourth-order valence-corrected chi connectivity index (χ4v) is 2.99. The minimum absolute atomic E-state index is 0.290. The molecule has 0 amide bonds. The summed E-state index contributed by atoms with van der Waals surface area (Å²) < 4.78 is 18.5. The number of carbonyl (C=O) groups excluding carboxylic acids is 1. The molecule has 142 valence electrons. The fourth-order valence-electron chi connectivity index (χ4n) is 2.99. The first kappa shape index (κ1) is 18.7. The van der Waals surface area contributed by atoms with Crippen LogP contribution in [0.5, 0.6) is 5.75 Å². The van der Waals surface area contributed by atoms with Crippen molar-refractivity contribution in [2.24, 2.45) is 0 Å². The first-order valence-corrected chi connectivity index (χ1v) is 9.22. The molecule has 1 atom stereocenters. The highest BCUT2D eigenvalue weighted by molar-refractivity contribution is 5.90. The van der Waals surface area contributed by atoms with E-state index < -0.39 is 5.60 Å². The molecule has 1 fully saturated rings. The Balaban J connectivity index is 1.55. The molecule has 1 aliphatic rings. The Hall–Kier alpha value is -2.05. The Morgan fingerprint density at radius 2 is 2.19 bits per heavy atom. The van der Waals surface area contributed by atoms with Gasteiger partial charge in [-0.05, 0) is 57.9 Å². The zero-order chi connectivity index (χ0) is 18.6. The highest BCUT2D eigenvalue weighted by Gasteiger charge is 2.19. The maximum atomic E-state index is 12.3. The molecule has 0 saturated carbocycles. The standard InChI is InChI=1S/C20H28N2O4/c1-20(2,3)26-19(23)22-10-8-15-13-16(6-7-18(15)22)24-11-4-5-17-14-21-9-12-25-17/h6-8,10,13,17,21H,4-5,9,11-12,14H2,1-3H3. The summed E-state index contributed by atoms with van der Waals surface area (Å²) in [5.41, 5.74) is 0.294. The summed E-state index contributed by atoms with van der Waals surface area (Å²) in [5.74, 6) is 0.808. The number of nitrogens with zero attached hydrogens (tertiary/aromatic N) is 1. The van der Waals surface area contributed by atoms with E-state index in [2.05, 4.69) is 5.32 Å². The number of benzene rings is 1. The van der Waals surface area contributed by atoms with Crippen LogP contribution in [-0.4, -0.2) is 48.7 Å². The van der Waals surface area contributed by atoms with Gasteiger partial charge in [-0.25, -0.2) is 4.79 Å². The van der Waals surface area contributed by atoms with E-state index in [-0.39, 0.29) is 12.2 Å².